The van der Waals surface area contributed by atoms with Gasteiger partial charge in [-0.2, -0.15) is 18.4 Å². The van der Waals surface area contributed by atoms with Crippen LogP contribution in [0.1, 0.15) is 30.4 Å². The van der Waals surface area contributed by atoms with E-state index in [-0.39, 0.29) is 25.3 Å². The van der Waals surface area contributed by atoms with Crippen molar-refractivity contribution in [3.63, 3.8) is 0 Å². The average molecular weight is 311 g/mol. The van der Waals surface area contributed by atoms with E-state index in [2.05, 4.69) is 5.43 Å². The smallest absolute Gasteiger partial charge is 0.288 e. The fraction of sp³-hybridized carbons (Fsp3) is 0.467. The first-order valence-electron chi connectivity index (χ1n) is 7.02. The second-order valence-electron chi connectivity index (χ2n) is 5.24. The first-order chi connectivity index (χ1) is 10.4. The normalized spacial score (nSPS) is 17.1. The molecule has 4 nitrogen and oxygen atoms in total. The first kappa shape index (κ1) is 16.3. The van der Waals surface area contributed by atoms with E-state index in [1.54, 1.807) is 24.3 Å². The highest BCUT2D eigenvalue weighted by atomic mass is 19.4. The Hall–Kier alpha value is -2.07. The summed E-state index contributed by atoms with van der Waals surface area (Å²) in [5, 5.41) is 9.79. The van der Waals surface area contributed by atoms with Crippen molar-refractivity contribution in [2.24, 2.45) is 0 Å². The average Bonchev–Trinajstić information content (AvgIpc) is 2.88. The number of amides is 1. The molecule has 1 aromatic rings. The number of benzene rings is 1. The standard InChI is InChI=1S/C15H16F3N3O/c16-15(17,18)13(21-8-7-14(22)20-21)6-2-4-11-3-1-5-12(9-11)10-19/h1,3,5,9,13H,2,4,6-8H2,(H,20,22). The van der Waals surface area contributed by atoms with E-state index in [0.29, 0.717) is 18.4 Å². The molecule has 1 amide bonds. The minimum absolute atomic E-state index is 0.0763. The molecule has 0 radical (unpaired) electrons. The number of rotatable bonds is 5. The second kappa shape index (κ2) is 6.79. The summed E-state index contributed by atoms with van der Waals surface area (Å²) < 4.78 is 39.3. The highest BCUT2D eigenvalue weighted by molar-refractivity contribution is 5.77. The Morgan fingerprint density at radius 2 is 2.18 bits per heavy atom. The third-order valence-corrected chi connectivity index (χ3v) is 3.60. The van der Waals surface area contributed by atoms with Gasteiger partial charge < -0.3 is 0 Å². The topological polar surface area (TPSA) is 56.1 Å². The van der Waals surface area contributed by atoms with Crippen molar-refractivity contribution in [2.75, 3.05) is 6.54 Å². The third-order valence-electron chi connectivity index (χ3n) is 3.60. The van der Waals surface area contributed by atoms with Crippen LogP contribution in [0.2, 0.25) is 0 Å². The van der Waals surface area contributed by atoms with Gasteiger partial charge in [-0.15, -0.1) is 0 Å². The van der Waals surface area contributed by atoms with Crippen LogP contribution in [-0.4, -0.2) is 29.7 Å². The summed E-state index contributed by atoms with van der Waals surface area (Å²) in [6.45, 7) is 0.0763. The van der Waals surface area contributed by atoms with Gasteiger partial charge in [-0.3, -0.25) is 10.2 Å². The molecule has 0 spiro atoms. The van der Waals surface area contributed by atoms with Gasteiger partial charge in [0.15, 0.2) is 0 Å². The van der Waals surface area contributed by atoms with Crippen molar-refractivity contribution in [1.29, 1.82) is 5.26 Å². The number of hydrogen-bond donors (Lipinski definition) is 1. The molecule has 1 unspecified atom stereocenters. The van der Waals surface area contributed by atoms with E-state index < -0.39 is 12.2 Å². The van der Waals surface area contributed by atoms with Gasteiger partial charge in [0.25, 0.3) is 0 Å². The summed E-state index contributed by atoms with van der Waals surface area (Å²) in [6.07, 6.45) is -3.60. The van der Waals surface area contributed by atoms with Crippen molar-refractivity contribution in [2.45, 2.75) is 37.9 Å². The van der Waals surface area contributed by atoms with Crippen molar-refractivity contribution in [3.8, 4) is 6.07 Å². The van der Waals surface area contributed by atoms with Crippen molar-refractivity contribution in [3.05, 3.63) is 35.4 Å². The van der Waals surface area contributed by atoms with Crippen LogP contribution in [0, 0.1) is 11.3 Å². The summed E-state index contributed by atoms with van der Waals surface area (Å²) in [6, 6.07) is 7.18. The number of carbonyl (C=O) groups excluding carboxylic acids is 1. The maximum atomic E-state index is 13.1. The van der Waals surface area contributed by atoms with Crippen molar-refractivity contribution < 1.29 is 18.0 Å². The second-order valence-corrected chi connectivity index (χ2v) is 5.24. The molecule has 0 saturated carbocycles. The number of carbonyl (C=O) groups is 1. The zero-order valence-corrected chi connectivity index (χ0v) is 11.9. The third kappa shape index (κ3) is 4.21. The molecule has 1 aliphatic rings. The minimum Gasteiger partial charge on any atom is -0.288 e. The van der Waals surface area contributed by atoms with Crippen LogP contribution in [-0.2, 0) is 11.2 Å². The number of hydrazine groups is 1. The lowest BCUT2D eigenvalue weighted by Crippen LogP contribution is -2.49. The van der Waals surface area contributed by atoms with Crippen LogP contribution in [0.15, 0.2) is 24.3 Å². The monoisotopic (exact) mass is 311 g/mol. The van der Waals surface area contributed by atoms with Gasteiger partial charge in [0.1, 0.15) is 6.04 Å². The quantitative estimate of drug-likeness (QED) is 0.909. The molecule has 7 heteroatoms. The molecule has 2 rings (SSSR count). The van der Waals surface area contributed by atoms with Crippen LogP contribution >= 0.6 is 0 Å². The van der Waals surface area contributed by atoms with Crippen LogP contribution in [0.5, 0.6) is 0 Å². The van der Waals surface area contributed by atoms with Gasteiger partial charge in [0.2, 0.25) is 5.91 Å². The Morgan fingerprint density at radius 3 is 2.77 bits per heavy atom. The SMILES string of the molecule is N#Cc1cccc(CCCC(N2CCC(=O)N2)C(F)(F)F)c1. The molecule has 1 atom stereocenters. The molecule has 0 aromatic heterocycles. The molecular weight excluding hydrogens is 295 g/mol. The van der Waals surface area contributed by atoms with Crippen LogP contribution in [0.25, 0.3) is 0 Å². The predicted molar refractivity (Wildman–Crippen MR) is 73.4 cm³/mol. The lowest BCUT2D eigenvalue weighted by molar-refractivity contribution is -0.190. The Labute approximate surface area is 126 Å². The molecule has 0 aliphatic carbocycles. The molecule has 1 saturated heterocycles. The van der Waals surface area contributed by atoms with Crippen molar-refractivity contribution >= 4 is 5.91 Å². The van der Waals surface area contributed by atoms with Gasteiger partial charge in [0.05, 0.1) is 11.6 Å². The van der Waals surface area contributed by atoms with E-state index in [4.69, 9.17) is 5.26 Å². The Kier molecular flexibility index (Phi) is 5.03. The number of nitrogens with one attached hydrogen (secondary N) is 1. The zero-order chi connectivity index (χ0) is 16.2. The number of hydrogen-bond acceptors (Lipinski definition) is 3. The van der Waals surface area contributed by atoms with Gasteiger partial charge in [-0.1, -0.05) is 12.1 Å². The predicted octanol–water partition coefficient (Wildman–Crippen LogP) is 2.55. The number of halogens is 3. The van der Waals surface area contributed by atoms with E-state index in [9.17, 15) is 18.0 Å². The van der Waals surface area contributed by atoms with Crippen molar-refractivity contribution in [1.82, 2.24) is 10.4 Å². The molecule has 1 aromatic carbocycles. The molecule has 118 valence electrons. The van der Waals surface area contributed by atoms with Crippen LogP contribution < -0.4 is 5.43 Å². The fourth-order valence-corrected chi connectivity index (χ4v) is 2.52. The number of nitriles is 1. The summed E-state index contributed by atoms with van der Waals surface area (Å²) in [7, 11) is 0. The van der Waals surface area contributed by atoms with Crippen LogP contribution in [0.3, 0.4) is 0 Å². The van der Waals surface area contributed by atoms with Gasteiger partial charge in [-0.05, 0) is 37.0 Å². The summed E-state index contributed by atoms with van der Waals surface area (Å²) >= 11 is 0. The number of aryl methyl sites for hydroxylation is 1. The van der Waals surface area contributed by atoms with Crippen LogP contribution in [0.4, 0.5) is 13.2 Å². The minimum atomic E-state index is -4.38. The Morgan fingerprint density at radius 1 is 1.41 bits per heavy atom. The van der Waals surface area contributed by atoms with E-state index in [0.717, 1.165) is 10.6 Å². The molecular formula is C15H16F3N3O. The zero-order valence-electron chi connectivity index (χ0n) is 11.9. The lowest BCUT2D eigenvalue weighted by Gasteiger charge is -2.28. The summed E-state index contributed by atoms with van der Waals surface area (Å²) in [4.78, 5) is 11.1. The Balaban J connectivity index is 1.94. The summed E-state index contributed by atoms with van der Waals surface area (Å²) in [5.74, 6) is -0.379. The Bertz CT molecular complexity index is 580. The maximum Gasteiger partial charge on any atom is 0.405 e. The molecule has 1 N–H and O–H groups in total. The fourth-order valence-electron chi connectivity index (χ4n) is 2.52. The largest absolute Gasteiger partial charge is 0.405 e. The summed E-state index contributed by atoms with van der Waals surface area (Å²) in [5.41, 5.74) is 3.59. The van der Waals surface area contributed by atoms with E-state index in [1.165, 1.54) is 0 Å². The number of alkyl halides is 3. The van der Waals surface area contributed by atoms with E-state index in [1.807, 2.05) is 6.07 Å². The molecule has 1 heterocycles. The van der Waals surface area contributed by atoms with Gasteiger partial charge in [-0.25, -0.2) is 5.01 Å². The van der Waals surface area contributed by atoms with E-state index >= 15 is 0 Å². The highest BCUT2D eigenvalue weighted by Gasteiger charge is 2.45. The van der Waals surface area contributed by atoms with Gasteiger partial charge >= 0.3 is 6.18 Å². The maximum absolute atomic E-state index is 13.1. The number of nitrogens with zero attached hydrogens (tertiary/aromatic N) is 2. The van der Waals surface area contributed by atoms with Gasteiger partial charge in [0, 0.05) is 13.0 Å². The highest BCUT2D eigenvalue weighted by Crippen LogP contribution is 2.29. The molecule has 22 heavy (non-hydrogen) atoms. The molecule has 0 bridgehead atoms. The molecule has 1 aliphatic heterocycles. The lowest BCUT2D eigenvalue weighted by atomic mass is 10.0. The first-order valence-corrected chi connectivity index (χ1v) is 7.02. The molecule has 1 fully saturated rings.